The molecule has 0 fully saturated rings. The van der Waals surface area contributed by atoms with Gasteiger partial charge in [-0.25, -0.2) is 0 Å². The van der Waals surface area contributed by atoms with Crippen LogP contribution in [0.4, 0.5) is 5.69 Å². The standard InChI is InChI=1S/C17H19NO2/c1-13(15-8-5-9-16(18)12-15)17(19)20-11-10-14-6-3-2-4-7-14/h2-9,12-13H,10-11,18H2,1H3. The van der Waals surface area contributed by atoms with Crippen molar-refractivity contribution >= 4 is 11.7 Å². The molecule has 20 heavy (non-hydrogen) atoms. The van der Waals surface area contributed by atoms with Crippen LogP contribution < -0.4 is 5.73 Å². The molecule has 2 aromatic rings. The summed E-state index contributed by atoms with van der Waals surface area (Å²) in [6.45, 7) is 2.23. The van der Waals surface area contributed by atoms with Gasteiger partial charge in [-0.2, -0.15) is 0 Å². The summed E-state index contributed by atoms with van der Waals surface area (Å²) in [5.74, 6) is -0.513. The smallest absolute Gasteiger partial charge is 0.313 e. The van der Waals surface area contributed by atoms with Crippen LogP contribution in [0.1, 0.15) is 24.0 Å². The second-order valence-electron chi connectivity index (χ2n) is 4.79. The first-order valence-electron chi connectivity index (χ1n) is 6.73. The SMILES string of the molecule is CC(C(=O)OCCc1ccccc1)c1cccc(N)c1. The molecule has 0 amide bonds. The number of carbonyl (C=O) groups excluding carboxylic acids is 1. The zero-order chi connectivity index (χ0) is 14.4. The Hall–Kier alpha value is -2.29. The summed E-state index contributed by atoms with van der Waals surface area (Å²) in [5.41, 5.74) is 8.43. The fraction of sp³-hybridized carbons (Fsp3) is 0.235. The number of nitrogens with two attached hydrogens (primary N) is 1. The van der Waals surface area contributed by atoms with Crippen molar-refractivity contribution in [2.75, 3.05) is 12.3 Å². The molecule has 1 atom stereocenters. The summed E-state index contributed by atoms with van der Waals surface area (Å²) in [7, 11) is 0. The number of carbonyl (C=O) groups is 1. The minimum atomic E-state index is -0.297. The molecule has 104 valence electrons. The second kappa shape index (κ2) is 6.75. The van der Waals surface area contributed by atoms with Crippen molar-refractivity contribution in [2.45, 2.75) is 19.3 Å². The van der Waals surface area contributed by atoms with Crippen molar-refractivity contribution in [2.24, 2.45) is 0 Å². The van der Waals surface area contributed by atoms with Crippen LogP contribution in [-0.2, 0) is 16.0 Å². The molecule has 0 spiro atoms. The van der Waals surface area contributed by atoms with Gasteiger partial charge >= 0.3 is 5.97 Å². The van der Waals surface area contributed by atoms with E-state index in [0.717, 1.165) is 17.5 Å². The lowest BCUT2D eigenvalue weighted by Gasteiger charge is -2.12. The molecule has 1 unspecified atom stereocenters. The summed E-state index contributed by atoms with van der Waals surface area (Å²) in [4.78, 5) is 12.0. The Kier molecular flexibility index (Phi) is 4.77. The average Bonchev–Trinajstić information content (AvgIpc) is 2.47. The third kappa shape index (κ3) is 3.85. The van der Waals surface area contributed by atoms with Crippen LogP contribution in [0.25, 0.3) is 0 Å². The van der Waals surface area contributed by atoms with Crippen molar-refractivity contribution in [3.05, 3.63) is 65.7 Å². The van der Waals surface area contributed by atoms with Gasteiger partial charge in [-0.05, 0) is 30.2 Å². The molecule has 2 N–H and O–H groups in total. The zero-order valence-corrected chi connectivity index (χ0v) is 11.6. The van der Waals surface area contributed by atoms with Crippen LogP contribution in [0, 0.1) is 0 Å². The fourth-order valence-corrected chi connectivity index (χ4v) is 2.00. The van der Waals surface area contributed by atoms with E-state index in [9.17, 15) is 4.79 Å². The van der Waals surface area contributed by atoms with Crippen LogP contribution in [-0.4, -0.2) is 12.6 Å². The van der Waals surface area contributed by atoms with Crippen LogP contribution in [0.2, 0.25) is 0 Å². The average molecular weight is 269 g/mol. The first-order valence-corrected chi connectivity index (χ1v) is 6.73. The van der Waals surface area contributed by atoms with Gasteiger partial charge in [0.15, 0.2) is 0 Å². The number of ether oxygens (including phenoxy) is 1. The van der Waals surface area contributed by atoms with E-state index in [-0.39, 0.29) is 11.9 Å². The lowest BCUT2D eigenvalue weighted by Crippen LogP contribution is -2.15. The van der Waals surface area contributed by atoms with Gasteiger partial charge in [-0.15, -0.1) is 0 Å². The van der Waals surface area contributed by atoms with Crippen molar-refractivity contribution in [3.63, 3.8) is 0 Å². The molecular formula is C17H19NO2. The van der Waals surface area contributed by atoms with Gasteiger partial charge in [0, 0.05) is 12.1 Å². The highest BCUT2D eigenvalue weighted by Crippen LogP contribution is 2.19. The predicted octanol–water partition coefficient (Wildman–Crippen LogP) is 3.16. The first-order chi connectivity index (χ1) is 9.66. The maximum Gasteiger partial charge on any atom is 0.313 e. The van der Waals surface area contributed by atoms with Gasteiger partial charge in [0.25, 0.3) is 0 Å². The van der Waals surface area contributed by atoms with E-state index in [0.29, 0.717) is 12.3 Å². The molecule has 0 saturated heterocycles. The number of rotatable bonds is 5. The van der Waals surface area contributed by atoms with Gasteiger partial charge in [0.1, 0.15) is 0 Å². The molecule has 0 aliphatic heterocycles. The molecular weight excluding hydrogens is 250 g/mol. The van der Waals surface area contributed by atoms with E-state index in [4.69, 9.17) is 10.5 Å². The summed E-state index contributed by atoms with van der Waals surface area (Å²) in [6, 6.07) is 17.3. The Bertz CT molecular complexity index is 566. The summed E-state index contributed by atoms with van der Waals surface area (Å²) in [5, 5.41) is 0. The maximum absolute atomic E-state index is 12.0. The zero-order valence-electron chi connectivity index (χ0n) is 11.6. The molecule has 3 nitrogen and oxygen atoms in total. The molecule has 0 aliphatic carbocycles. The Morgan fingerprint density at radius 2 is 1.90 bits per heavy atom. The van der Waals surface area contributed by atoms with Gasteiger partial charge < -0.3 is 10.5 Å². The van der Waals surface area contributed by atoms with Crippen LogP contribution in [0.15, 0.2) is 54.6 Å². The van der Waals surface area contributed by atoms with Crippen molar-refractivity contribution in [1.29, 1.82) is 0 Å². The lowest BCUT2D eigenvalue weighted by atomic mass is 10.0. The van der Waals surface area contributed by atoms with Crippen LogP contribution in [0.3, 0.4) is 0 Å². The molecule has 0 bridgehead atoms. The van der Waals surface area contributed by atoms with Gasteiger partial charge in [0.05, 0.1) is 12.5 Å². The molecule has 0 radical (unpaired) electrons. The maximum atomic E-state index is 12.0. The van der Waals surface area contributed by atoms with Gasteiger partial charge in [-0.1, -0.05) is 42.5 Å². The monoisotopic (exact) mass is 269 g/mol. The third-order valence-electron chi connectivity index (χ3n) is 3.24. The minimum absolute atomic E-state index is 0.216. The molecule has 2 aromatic carbocycles. The summed E-state index contributed by atoms with van der Waals surface area (Å²) >= 11 is 0. The van der Waals surface area contributed by atoms with Crippen LogP contribution >= 0.6 is 0 Å². The molecule has 0 aromatic heterocycles. The quantitative estimate of drug-likeness (QED) is 0.670. The number of benzene rings is 2. The molecule has 0 saturated carbocycles. The van der Waals surface area contributed by atoms with Crippen molar-refractivity contribution in [3.8, 4) is 0 Å². The number of hydrogen-bond acceptors (Lipinski definition) is 3. The van der Waals surface area contributed by atoms with Crippen molar-refractivity contribution in [1.82, 2.24) is 0 Å². The minimum Gasteiger partial charge on any atom is -0.465 e. The molecule has 0 aliphatic rings. The Morgan fingerprint density at radius 1 is 1.15 bits per heavy atom. The van der Waals surface area contributed by atoms with Crippen LogP contribution in [0.5, 0.6) is 0 Å². The molecule has 0 heterocycles. The van der Waals surface area contributed by atoms with E-state index < -0.39 is 0 Å². The first kappa shape index (κ1) is 14.1. The largest absolute Gasteiger partial charge is 0.465 e. The van der Waals surface area contributed by atoms with E-state index in [1.165, 1.54) is 0 Å². The Balaban J connectivity index is 1.85. The number of hydrogen-bond donors (Lipinski definition) is 1. The Labute approximate surface area is 119 Å². The lowest BCUT2D eigenvalue weighted by molar-refractivity contribution is -0.144. The Morgan fingerprint density at radius 3 is 2.60 bits per heavy atom. The van der Waals surface area contributed by atoms with E-state index in [1.807, 2.05) is 55.5 Å². The topological polar surface area (TPSA) is 52.3 Å². The normalized spacial score (nSPS) is 11.8. The van der Waals surface area contributed by atoms with E-state index >= 15 is 0 Å². The van der Waals surface area contributed by atoms with Gasteiger partial charge in [0.2, 0.25) is 0 Å². The third-order valence-corrected chi connectivity index (χ3v) is 3.24. The number of esters is 1. The predicted molar refractivity (Wildman–Crippen MR) is 80.4 cm³/mol. The summed E-state index contributed by atoms with van der Waals surface area (Å²) in [6.07, 6.45) is 0.732. The highest BCUT2D eigenvalue weighted by molar-refractivity contribution is 5.78. The second-order valence-corrected chi connectivity index (χ2v) is 4.79. The highest BCUT2D eigenvalue weighted by Gasteiger charge is 2.16. The highest BCUT2D eigenvalue weighted by atomic mass is 16.5. The summed E-state index contributed by atoms with van der Waals surface area (Å²) < 4.78 is 5.32. The number of anilines is 1. The van der Waals surface area contributed by atoms with Crippen molar-refractivity contribution < 1.29 is 9.53 Å². The molecule has 3 heteroatoms. The van der Waals surface area contributed by atoms with E-state index in [1.54, 1.807) is 6.07 Å². The van der Waals surface area contributed by atoms with E-state index in [2.05, 4.69) is 0 Å². The fourth-order valence-electron chi connectivity index (χ4n) is 2.00. The number of nitrogen functional groups attached to an aromatic ring is 1. The molecule has 2 rings (SSSR count). The van der Waals surface area contributed by atoms with Gasteiger partial charge in [-0.3, -0.25) is 4.79 Å².